The van der Waals surface area contributed by atoms with Crippen LogP contribution in [0.1, 0.15) is 44.1 Å². The molecule has 1 N–H and O–H groups in total. The van der Waals surface area contributed by atoms with Crippen LogP contribution in [0.2, 0.25) is 0 Å². The van der Waals surface area contributed by atoms with E-state index in [1.165, 1.54) is 30.5 Å². The molecule has 2 unspecified atom stereocenters. The van der Waals surface area contributed by atoms with Crippen molar-refractivity contribution < 1.29 is 14.3 Å². The highest BCUT2D eigenvalue weighted by Gasteiger charge is 2.40. The average Bonchev–Trinajstić information content (AvgIpc) is 2.93. The number of aryl methyl sites for hydroxylation is 1. The summed E-state index contributed by atoms with van der Waals surface area (Å²) in [7, 11) is 3.38. The van der Waals surface area contributed by atoms with Gasteiger partial charge in [-0.3, -0.25) is 9.69 Å². The number of nitrogens with zero attached hydrogens (tertiary/aromatic N) is 2. The van der Waals surface area contributed by atoms with Gasteiger partial charge in [0.05, 0.1) is 20.3 Å². The van der Waals surface area contributed by atoms with Gasteiger partial charge in [-0.2, -0.15) is 0 Å². The molecule has 1 saturated heterocycles. The Kier molecular flexibility index (Phi) is 7.47. The fraction of sp³-hybridized carbons (Fsp3) is 0.552. The lowest BCUT2D eigenvalue weighted by Crippen LogP contribution is -2.60. The van der Waals surface area contributed by atoms with Crippen LogP contribution in [0.25, 0.3) is 0 Å². The van der Waals surface area contributed by atoms with Crippen LogP contribution in [0.3, 0.4) is 0 Å². The maximum Gasteiger partial charge on any atom is 0.155 e. The molecule has 2 aliphatic heterocycles. The van der Waals surface area contributed by atoms with Gasteiger partial charge < -0.3 is 19.7 Å². The number of rotatable bonds is 7. The van der Waals surface area contributed by atoms with E-state index >= 15 is 0 Å². The Morgan fingerprint density at radius 1 is 0.914 bits per heavy atom. The first-order valence-electron chi connectivity index (χ1n) is 13.3. The number of carbonyl (C=O) groups excluding carboxylic acids is 1. The molecule has 5 rings (SSSR count). The molecule has 0 radical (unpaired) electrons. The SMILES string of the molecule is COc1cc(OC)cc(N2CCN(C(C(=O)C3CCCCC3)C3CCc4ccccc4N3)CC2)c1. The molecule has 1 aliphatic carbocycles. The lowest BCUT2D eigenvalue weighted by molar-refractivity contribution is -0.130. The number of nitrogens with one attached hydrogen (secondary N) is 1. The molecule has 1 saturated carbocycles. The van der Waals surface area contributed by atoms with E-state index in [0.717, 1.165) is 69.0 Å². The van der Waals surface area contributed by atoms with Gasteiger partial charge in [-0.15, -0.1) is 0 Å². The third kappa shape index (κ3) is 5.27. The predicted molar refractivity (Wildman–Crippen MR) is 141 cm³/mol. The summed E-state index contributed by atoms with van der Waals surface area (Å²) in [6.45, 7) is 3.52. The maximum absolute atomic E-state index is 14.0. The summed E-state index contributed by atoms with van der Waals surface area (Å²) in [6, 6.07) is 14.7. The minimum Gasteiger partial charge on any atom is -0.497 e. The lowest BCUT2D eigenvalue weighted by atomic mass is 9.80. The van der Waals surface area contributed by atoms with Gasteiger partial charge in [0.2, 0.25) is 0 Å². The number of benzene rings is 2. The van der Waals surface area contributed by atoms with Crippen molar-refractivity contribution in [3.8, 4) is 11.5 Å². The topological polar surface area (TPSA) is 54.0 Å². The van der Waals surface area contributed by atoms with Crippen LogP contribution in [0, 0.1) is 5.92 Å². The Morgan fingerprint density at radius 3 is 2.29 bits per heavy atom. The zero-order chi connectivity index (χ0) is 24.2. The molecule has 2 aromatic rings. The Labute approximate surface area is 209 Å². The first-order valence-corrected chi connectivity index (χ1v) is 13.3. The number of hydrogen-bond donors (Lipinski definition) is 1. The molecule has 6 nitrogen and oxygen atoms in total. The summed E-state index contributed by atoms with van der Waals surface area (Å²) in [6.07, 6.45) is 7.81. The number of ether oxygens (including phenoxy) is 2. The van der Waals surface area contributed by atoms with E-state index in [-0.39, 0.29) is 18.0 Å². The number of para-hydroxylation sites is 1. The average molecular weight is 478 g/mol. The summed E-state index contributed by atoms with van der Waals surface area (Å²) >= 11 is 0. The first-order chi connectivity index (χ1) is 17.2. The number of fused-ring (bicyclic) bond motifs is 1. The monoisotopic (exact) mass is 477 g/mol. The molecule has 2 fully saturated rings. The number of methoxy groups -OCH3 is 2. The predicted octanol–water partition coefficient (Wildman–Crippen LogP) is 4.77. The van der Waals surface area contributed by atoms with Crippen LogP contribution in [-0.4, -0.2) is 63.2 Å². The van der Waals surface area contributed by atoms with Crippen molar-refractivity contribution in [2.24, 2.45) is 5.92 Å². The Bertz CT molecular complexity index is 990. The second kappa shape index (κ2) is 10.9. The number of hydrogen-bond acceptors (Lipinski definition) is 6. The summed E-state index contributed by atoms with van der Waals surface area (Å²) in [5.41, 5.74) is 3.68. The van der Waals surface area contributed by atoms with Crippen molar-refractivity contribution in [2.75, 3.05) is 50.6 Å². The van der Waals surface area contributed by atoms with E-state index in [1.54, 1.807) is 14.2 Å². The second-order valence-corrected chi connectivity index (χ2v) is 10.2. The maximum atomic E-state index is 14.0. The van der Waals surface area contributed by atoms with Gasteiger partial charge in [-0.25, -0.2) is 0 Å². The van der Waals surface area contributed by atoms with Crippen LogP contribution in [0.4, 0.5) is 11.4 Å². The lowest BCUT2D eigenvalue weighted by Gasteiger charge is -2.45. The van der Waals surface area contributed by atoms with E-state index < -0.39 is 0 Å². The first kappa shape index (κ1) is 24.0. The molecular weight excluding hydrogens is 438 g/mol. The number of carbonyl (C=O) groups is 1. The van der Waals surface area contributed by atoms with Gasteiger partial charge in [0.15, 0.2) is 5.78 Å². The third-order valence-corrected chi connectivity index (χ3v) is 8.17. The molecule has 35 heavy (non-hydrogen) atoms. The van der Waals surface area contributed by atoms with Crippen LogP contribution in [0.15, 0.2) is 42.5 Å². The largest absolute Gasteiger partial charge is 0.497 e. The minimum atomic E-state index is -0.0616. The van der Waals surface area contributed by atoms with E-state index in [4.69, 9.17) is 9.47 Å². The van der Waals surface area contributed by atoms with Gasteiger partial charge >= 0.3 is 0 Å². The molecule has 0 spiro atoms. The van der Waals surface area contributed by atoms with Crippen molar-refractivity contribution in [2.45, 2.75) is 57.0 Å². The molecule has 6 heteroatoms. The van der Waals surface area contributed by atoms with Crippen molar-refractivity contribution in [1.29, 1.82) is 0 Å². The van der Waals surface area contributed by atoms with Crippen LogP contribution in [0.5, 0.6) is 11.5 Å². The number of Topliss-reactive ketones (excluding diaryl/α,β-unsaturated/α-hetero) is 1. The van der Waals surface area contributed by atoms with Crippen molar-refractivity contribution >= 4 is 17.2 Å². The number of anilines is 2. The second-order valence-electron chi connectivity index (χ2n) is 10.2. The van der Waals surface area contributed by atoms with E-state index in [2.05, 4.69) is 51.5 Å². The van der Waals surface area contributed by atoms with Gasteiger partial charge in [0, 0.05) is 67.7 Å². The Hall–Kier alpha value is -2.73. The summed E-state index contributed by atoms with van der Waals surface area (Å²) in [4.78, 5) is 18.8. The van der Waals surface area contributed by atoms with E-state index in [1.807, 2.05) is 6.07 Å². The summed E-state index contributed by atoms with van der Waals surface area (Å²) < 4.78 is 11.0. The van der Waals surface area contributed by atoms with Crippen LogP contribution >= 0.6 is 0 Å². The molecule has 0 bridgehead atoms. The summed E-state index contributed by atoms with van der Waals surface area (Å²) in [5, 5.41) is 3.78. The van der Waals surface area contributed by atoms with Gasteiger partial charge in [0.25, 0.3) is 0 Å². The molecule has 3 aliphatic rings. The molecule has 2 aromatic carbocycles. The van der Waals surface area contributed by atoms with Crippen molar-refractivity contribution in [1.82, 2.24) is 4.90 Å². The zero-order valence-corrected chi connectivity index (χ0v) is 21.2. The normalized spacial score (nSPS) is 22.1. The minimum absolute atomic E-state index is 0.0616. The summed E-state index contributed by atoms with van der Waals surface area (Å²) in [5.74, 6) is 2.29. The quantitative estimate of drug-likeness (QED) is 0.620. The standard InChI is InChI=1S/C29H39N3O3/c1-34-24-18-23(19-25(20-24)35-2)31-14-16-32(17-15-31)28(29(33)22-9-4-3-5-10-22)27-13-12-21-8-6-7-11-26(21)30-27/h6-8,11,18-20,22,27-28,30H,3-5,9-10,12-17H2,1-2H3. The third-order valence-electron chi connectivity index (χ3n) is 8.17. The van der Waals surface area contributed by atoms with Crippen molar-refractivity contribution in [3.63, 3.8) is 0 Å². The number of piperazine rings is 1. The fourth-order valence-corrected chi connectivity index (χ4v) is 6.19. The molecule has 0 aromatic heterocycles. The molecule has 0 amide bonds. The van der Waals surface area contributed by atoms with Crippen LogP contribution < -0.4 is 19.7 Å². The fourth-order valence-electron chi connectivity index (χ4n) is 6.19. The highest BCUT2D eigenvalue weighted by molar-refractivity contribution is 5.88. The van der Waals surface area contributed by atoms with Gasteiger partial charge in [-0.1, -0.05) is 37.5 Å². The van der Waals surface area contributed by atoms with E-state index in [9.17, 15) is 4.79 Å². The smallest absolute Gasteiger partial charge is 0.155 e. The molecular formula is C29H39N3O3. The Morgan fingerprint density at radius 2 is 1.60 bits per heavy atom. The molecule has 2 heterocycles. The molecule has 188 valence electrons. The highest BCUT2D eigenvalue weighted by Crippen LogP contribution is 2.33. The van der Waals surface area contributed by atoms with Crippen molar-refractivity contribution in [3.05, 3.63) is 48.0 Å². The number of ketones is 1. The van der Waals surface area contributed by atoms with Gasteiger partial charge in [0.1, 0.15) is 11.5 Å². The Balaban J connectivity index is 1.34. The van der Waals surface area contributed by atoms with Crippen LogP contribution in [-0.2, 0) is 11.2 Å². The highest BCUT2D eigenvalue weighted by atomic mass is 16.5. The van der Waals surface area contributed by atoms with Gasteiger partial charge in [-0.05, 0) is 37.3 Å². The zero-order valence-electron chi connectivity index (χ0n) is 21.2. The molecule has 2 atom stereocenters. The van der Waals surface area contributed by atoms with E-state index in [0.29, 0.717) is 5.78 Å².